The van der Waals surface area contributed by atoms with Crippen LogP contribution in [0.15, 0.2) is 28.5 Å². The molecule has 0 saturated heterocycles. The van der Waals surface area contributed by atoms with Crippen LogP contribution in [-0.4, -0.2) is 24.8 Å². The molecule has 1 heterocycles. The first-order valence-electron chi connectivity index (χ1n) is 5.74. The standard InChI is InChI=1S/C12H14ClN3O2S2/c1-8-11(19-12(14)15-8)20(17,18)16(2)7-9-3-5-10(13)6-4-9/h3-6H,7H2,1-2H3,(H2,14,15). The molecule has 2 rings (SSSR count). The van der Waals surface area contributed by atoms with Crippen LogP contribution in [-0.2, 0) is 16.6 Å². The Bertz CT molecular complexity index is 711. The molecule has 0 radical (unpaired) electrons. The molecule has 0 amide bonds. The predicted molar refractivity (Wildman–Crippen MR) is 81.4 cm³/mol. The first kappa shape index (κ1) is 15.2. The van der Waals surface area contributed by atoms with E-state index >= 15 is 0 Å². The van der Waals surface area contributed by atoms with Crippen molar-refractivity contribution in [2.75, 3.05) is 12.8 Å². The van der Waals surface area contributed by atoms with Gasteiger partial charge < -0.3 is 5.73 Å². The summed E-state index contributed by atoms with van der Waals surface area (Å²) in [5.74, 6) is 0. The SMILES string of the molecule is Cc1nc(N)sc1S(=O)(=O)N(C)Cc1ccc(Cl)cc1. The van der Waals surface area contributed by atoms with E-state index < -0.39 is 10.0 Å². The van der Waals surface area contributed by atoms with Crippen molar-refractivity contribution in [3.8, 4) is 0 Å². The molecule has 8 heteroatoms. The zero-order valence-electron chi connectivity index (χ0n) is 11.0. The van der Waals surface area contributed by atoms with Crippen LogP contribution in [0.1, 0.15) is 11.3 Å². The van der Waals surface area contributed by atoms with Gasteiger partial charge in [0.2, 0.25) is 0 Å². The third-order valence-corrected chi connectivity index (χ3v) is 6.36. The van der Waals surface area contributed by atoms with Crippen LogP contribution in [0.5, 0.6) is 0 Å². The van der Waals surface area contributed by atoms with E-state index in [1.807, 2.05) is 0 Å². The normalized spacial score (nSPS) is 12.0. The predicted octanol–water partition coefficient (Wildman–Crippen LogP) is 2.51. The van der Waals surface area contributed by atoms with E-state index in [2.05, 4.69) is 4.98 Å². The number of halogens is 1. The highest BCUT2D eigenvalue weighted by Gasteiger charge is 2.26. The van der Waals surface area contributed by atoms with E-state index in [4.69, 9.17) is 17.3 Å². The number of hydrogen-bond acceptors (Lipinski definition) is 5. The fourth-order valence-corrected chi connectivity index (χ4v) is 4.49. The van der Waals surface area contributed by atoms with E-state index in [1.54, 1.807) is 31.2 Å². The minimum atomic E-state index is -3.58. The molecule has 0 bridgehead atoms. The largest absolute Gasteiger partial charge is 0.375 e. The maximum atomic E-state index is 12.5. The Hall–Kier alpha value is -1.15. The van der Waals surface area contributed by atoms with Crippen LogP contribution in [0.25, 0.3) is 0 Å². The molecule has 2 aromatic rings. The molecule has 0 aliphatic heterocycles. The fourth-order valence-electron chi connectivity index (χ4n) is 1.72. The summed E-state index contributed by atoms with van der Waals surface area (Å²) in [6.07, 6.45) is 0. The number of nitrogens with two attached hydrogens (primary N) is 1. The Kier molecular flexibility index (Phi) is 4.33. The average molecular weight is 332 g/mol. The molecule has 0 aliphatic carbocycles. The highest BCUT2D eigenvalue weighted by atomic mass is 35.5. The molecule has 1 aromatic carbocycles. The van der Waals surface area contributed by atoms with Crippen molar-refractivity contribution in [1.29, 1.82) is 0 Å². The third kappa shape index (κ3) is 3.12. The number of aryl methyl sites for hydroxylation is 1. The van der Waals surface area contributed by atoms with Crippen molar-refractivity contribution in [3.63, 3.8) is 0 Å². The summed E-state index contributed by atoms with van der Waals surface area (Å²) < 4.78 is 26.4. The second-order valence-electron chi connectivity index (χ2n) is 4.31. The van der Waals surface area contributed by atoms with Gasteiger partial charge in [0.25, 0.3) is 10.0 Å². The Morgan fingerprint density at radius 1 is 1.35 bits per heavy atom. The van der Waals surface area contributed by atoms with Gasteiger partial charge in [0.05, 0.1) is 5.69 Å². The zero-order valence-corrected chi connectivity index (χ0v) is 13.4. The van der Waals surface area contributed by atoms with Gasteiger partial charge in [-0.2, -0.15) is 4.31 Å². The van der Waals surface area contributed by atoms with Crippen LogP contribution < -0.4 is 5.73 Å². The Morgan fingerprint density at radius 2 is 1.95 bits per heavy atom. The van der Waals surface area contributed by atoms with Crippen LogP contribution in [0.2, 0.25) is 5.02 Å². The lowest BCUT2D eigenvalue weighted by molar-refractivity contribution is 0.468. The van der Waals surface area contributed by atoms with Crippen molar-refractivity contribution in [3.05, 3.63) is 40.5 Å². The van der Waals surface area contributed by atoms with Crippen molar-refractivity contribution in [2.45, 2.75) is 17.7 Å². The lowest BCUT2D eigenvalue weighted by Crippen LogP contribution is -2.26. The topological polar surface area (TPSA) is 76.3 Å². The molecule has 0 saturated carbocycles. The average Bonchev–Trinajstić information content (AvgIpc) is 2.72. The second-order valence-corrected chi connectivity index (χ2v) is 8.02. The molecule has 108 valence electrons. The molecule has 1 aromatic heterocycles. The highest BCUT2D eigenvalue weighted by Crippen LogP contribution is 2.28. The van der Waals surface area contributed by atoms with Crippen molar-refractivity contribution >= 4 is 38.1 Å². The minimum Gasteiger partial charge on any atom is -0.375 e. The van der Waals surface area contributed by atoms with Crippen molar-refractivity contribution in [1.82, 2.24) is 9.29 Å². The number of benzene rings is 1. The smallest absolute Gasteiger partial charge is 0.254 e. The first-order valence-corrected chi connectivity index (χ1v) is 8.38. The molecule has 0 fully saturated rings. The van der Waals surface area contributed by atoms with Gasteiger partial charge in [-0.25, -0.2) is 13.4 Å². The molecule has 2 N–H and O–H groups in total. The van der Waals surface area contributed by atoms with E-state index in [-0.39, 0.29) is 15.9 Å². The van der Waals surface area contributed by atoms with Gasteiger partial charge in [-0.3, -0.25) is 0 Å². The Labute approximate surface area is 127 Å². The van der Waals surface area contributed by atoms with Gasteiger partial charge >= 0.3 is 0 Å². The summed E-state index contributed by atoms with van der Waals surface area (Å²) >= 11 is 6.78. The molecule has 5 nitrogen and oxygen atoms in total. The Morgan fingerprint density at radius 3 is 2.45 bits per heavy atom. The van der Waals surface area contributed by atoms with E-state index in [9.17, 15) is 8.42 Å². The number of aromatic nitrogens is 1. The zero-order chi connectivity index (χ0) is 14.9. The quantitative estimate of drug-likeness (QED) is 0.933. The maximum absolute atomic E-state index is 12.5. The molecule has 0 aliphatic rings. The summed E-state index contributed by atoms with van der Waals surface area (Å²) in [7, 11) is -2.05. The lowest BCUT2D eigenvalue weighted by Gasteiger charge is -2.16. The van der Waals surface area contributed by atoms with Crippen LogP contribution >= 0.6 is 22.9 Å². The van der Waals surface area contributed by atoms with Crippen LogP contribution in [0, 0.1) is 6.92 Å². The van der Waals surface area contributed by atoms with Gasteiger partial charge in [-0.05, 0) is 24.6 Å². The fraction of sp³-hybridized carbons (Fsp3) is 0.250. The molecule has 0 unspecified atom stereocenters. The third-order valence-electron chi connectivity index (χ3n) is 2.73. The second kappa shape index (κ2) is 5.69. The number of rotatable bonds is 4. The monoisotopic (exact) mass is 331 g/mol. The number of anilines is 1. The van der Waals surface area contributed by atoms with Gasteiger partial charge in [0.15, 0.2) is 9.34 Å². The molecule has 0 spiro atoms. The molecular weight excluding hydrogens is 318 g/mol. The summed E-state index contributed by atoms with van der Waals surface area (Å²) in [5.41, 5.74) is 6.84. The van der Waals surface area contributed by atoms with Gasteiger partial charge in [0, 0.05) is 18.6 Å². The summed E-state index contributed by atoms with van der Waals surface area (Å²) in [6.45, 7) is 1.90. The number of hydrogen-bond donors (Lipinski definition) is 1. The van der Waals surface area contributed by atoms with Gasteiger partial charge in [-0.1, -0.05) is 35.1 Å². The lowest BCUT2D eigenvalue weighted by atomic mass is 10.2. The van der Waals surface area contributed by atoms with Gasteiger partial charge in [0.1, 0.15) is 0 Å². The van der Waals surface area contributed by atoms with Crippen molar-refractivity contribution < 1.29 is 8.42 Å². The van der Waals surface area contributed by atoms with Crippen molar-refractivity contribution in [2.24, 2.45) is 0 Å². The number of nitrogens with zero attached hydrogens (tertiary/aromatic N) is 2. The van der Waals surface area contributed by atoms with Crippen LogP contribution in [0.3, 0.4) is 0 Å². The maximum Gasteiger partial charge on any atom is 0.254 e. The number of thiazole rings is 1. The summed E-state index contributed by atoms with van der Waals surface area (Å²) in [6, 6.07) is 7.05. The van der Waals surface area contributed by atoms with E-state index in [0.29, 0.717) is 10.7 Å². The van der Waals surface area contributed by atoms with Crippen LogP contribution in [0.4, 0.5) is 5.13 Å². The number of sulfonamides is 1. The molecule has 20 heavy (non-hydrogen) atoms. The molecular formula is C12H14ClN3O2S2. The first-order chi connectivity index (χ1) is 9.30. The van der Waals surface area contributed by atoms with E-state index in [0.717, 1.165) is 16.9 Å². The van der Waals surface area contributed by atoms with Gasteiger partial charge in [-0.15, -0.1) is 0 Å². The highest BCUT2D eigenvalue weighted by molar-refractivity contribution is 7.91. The molecule has 0 atom stereocenters. The summed E-state index contributed by atoms with van der Waals surface area (Å²) in [4.78, 5) is 3.95. The Balaban J connectivity index is 2.25. The number of nitrogen functional groups attached to an aromatic ring is 1. The van der Waals surface area contributed by atoms with E-state index in [1.165, 1.54) is 11.4 Å². The summed E-state index contributed by atoms with van der Waals surface area (Å²) in [5, 5.41) is 0.867. The minimum absolute atomic E-state index is 0.187.